The molecule has 0 amide bonds. The number of aliphatic hydroxyl groups excluding tert-OH is 1. The number of nitrogens with zero attached hydrogens (tertiary/aromatic N) is 3. The molecule has 4 heteroatoms. The third-order valence-electron chi connectivity index (χ3n) is 2.65. The minimum absolute atomic E-state index is 0.0801. The van der Waals surface area contributed by atoms with Crippen molar-refractivity contribution in [1.82, 2.24) is 9.55 Å². The Bertz CT molecular complexity index is 578. The number of aliphatic hydroxyl groups is 1. The van der Waals surface area contributed by atoms with E-state index < -0.39 is 0 Å². The number of hydrogen-bond acceptors (Lipinski definition) is 3. The summed E-state index contributed by atoms with van der Waals surface area (Å²) >= 11 is 0. The van der Waals surface area contributed by atoms with E-state index >= 15 is 0 Å². The monoisotopic (exact) mass is 229 g/mol. The van der Waals surface area contributed by atoms with Gasteiger partial charge in [0.2, 0.25) is 0 Å². The molecule has 0 fully saturated rings. The lowest BCUT2D eigenvalue weighted by Crippen LogP contribution is -2.08. The smallest absolute Gasteiger partial charge is 0.135 e. The van der Waals surface area contributed by atoms with E-state index in [1.165, 1.54) is 0 Å². The van der Waals surface area contributed by atoms with Crippen molar-refractivity contribution in [2.75, 3.05) is 0 Å². The standard InChI is InChI=1S/C13H15N3O/c1-9(2)7-16-12-4-3-10(6-14)5-11(12)15-13(16)8-17/h3-5,9,17H,7-8H2,1-2H3. The van der Waals surface area contributed by atoms with Crippen molar-refractivity contribution in [1.29, 1.82) is 5.26 Å². The second-order valence-corrected chi connectivity index (χ2v) is 4.51. The van der Waals surface area contributed by atoms with Gasteiger partial charge in [-0.15, -0.1) is 0 Å². The van der Waals surface area contributed by atoms with Gasteiger partial charge in [0.15, 0.2) is 0 Å². The molecule has 88 valence electrons. The van der Waals surface area contributed by atoms with Gasteiger partial charge >= 0.3 is 0 Å². The van der Waals surface area contributed by atoms with Gasteiger partial charge in [-0.05, 0) is 24.1 Å². The summed E-state index contributed by atoms with van der Waals surface area (Å²) in [5, 5.41) is 18.2. The Morgan fingerprint density at radius 2 is 2.24 bits per heavy atom. The summed E-state index contributed by atoms with van der Waals surface area (Å²) in [6, 6.07) is 7.52. The highest BCUT2D eigenvalue weighted by Crippen LogP contribution is 2.19. The zero-order chi connectivity index (χ0) is 12.4. The second-order valence-electron chi connectivity index (χ2n) is 4.51. The molecule has 0 aliphatic carbocycles. The molecule has 17 heavy (non-hydrogen) atoms. The highest BCUT2D eigenvalue weighted by molar-refractivity contribution is 5.77. The van der Waals surface area contributed by atoms with Crippen LogP contribution >= 0.6 is 0 Å². The minimum atomic E-state index is -0.0801. The Balaban J connectivity index is 2.60. The molecule has 1 aromatic heterocycles. The summed E-state index contributed by atoms with van der Waals surface area (Å²) in [6.07, 6.45) is 0. The van der Waals surface area contributed by atoms with E-state index in [2.05, 4.69) is 24.9 Å². The lowest BCUT2D eigenvalue weighted by atomic mass is 10.2. The van der Waals surface area contributed by atoms with Gasteiger partial charge in [0, 0.05) is 6.54 Å². The van der Waals surface area contributed by atoms with Gasteiger partial charge in [0.1, 0.15) is 12.4 Å². The maximum atomic E-state index is 9.31. The van der Waals surface area contributed by atoms with Gasteiger partial charge in [-0.3, -0.25) is 0 Å². The zero-order valence-electron chi connectivity index (χ0n) is 10.0. The minimum Gasteiger partial charge on any atom is -0.388 e. The largest absolute Gasteiger partial charge is 0.388 e. The average Bonchev–Trinajstić information content (AvgIpc) is 2.65. The summed E-state index contributed by atoms with van der Waals surface area (Å²) in [6.45, 7) is 4.98. The molecule has 0 bridgehead atoms. The van der Waals surface area contributed by atoms with E-state index in [1.54, 1.807) is 12.1 Å². The van der Waals surface area contributed by atoms with Gasteiger partial charge in [-0.2, -0.15) is 5.26 Å². The first-order chi connectivity index (χ1) is 8.15. The third kappa shape index (κ3) is 2.15. The van der Waals surface area contributed by atoms with Crippen molar-refractivity contribution in [3.8, 4) is 6.07 Å². The molecule has 1 heterocycles. The lowest BCUT2D eigenvalue weighted by molar-refractivity contribution is 0.263. The predicted octanol–water partition coefficient (Wildman–Crippen LogP) is 2.06. The van der Waals surface area contributed by atoms with Crippen LogP contribution in [0, 0.1) is 17.2 Å². The number of imidazole rings is 1. The van der Waals surface area contributed by atoms with E-state index in [0.717, 1.165) is 17.6 Å². The molecule has 0 radical (unpaired) electrons. The summed E-state index contributed by atoms with van der Waals surface area (Å²) in [5.41, 5.74) is 2.34. The summed E-state index contributed by atoms with van der Waals surface area (Å²) in [5.74, 6) is 1.14. The Kier molecular flexibility index (Phi) is 3.12. The average molecular weight is 229 g/mol. The van der Waals surface area contributed by atoms with Crippen molar-refractivity contribution >= 4 is 11.0 Å². The number of rotatable bonds is 3. The lowest BCUT2D eigenvalue weighted by Gasteiger charge is -2.10. The van der Waals surface area contributed by atoms with E-state index in [9.17, 15) is 5.11 Å². The van der Waals surface area contributed by atoms with Gasteiger partial charge in [-0.1, -0.05) is 13.8 Å². The molecule has 0 atom stereocenters. The van der Waals surface area contributed by atoms with Crippen LogP contribution in [0.25, 0.3) is 11.0 Å². The number of aromatic nitrogens is 2. The molecule has 2 aromatic rings. The Morgan fingerprint density at radius 3 is 2.82 bits per heavy atom. The van der Waals surface area contributed by atoms with E-state index in [0.29, 0.717) is 17.3 Å². The Hall–Kier alpha value is -1.86. The molecule has 0 saturated heterocycles. The molecule has 1 aromatic carbocycles. The normalized spacial score (nSPS) is 11.0. The van der Waals surface area contributed by atoms with Crippen LogP contribution in [0.3, 0.4) is 0 Å². The molecule has 0 saturated carbocycles. The molecule has 0 aliphatic rings. The molecular formula is C13H15N3O. The highest BCUT2D eigenvalue weighted by atomic mass is 16.3. The van der Waals surface area contributed by atoms with Crippen LogP contribution in [0.5, 0.6) is 0 Å². The topological polar surface area (TPSA) is 61.8 Å². The molecule has 2 rings (SSSR count). The van der Waals surface area contributed by atoms with Crippen molar-refractivity contribution in [3.05, 3.63) is 29.6 Å². The molecule has 0 spiro atoms. The molecule has 4 nitrogen and oxygen atoms in total. The highest BCUT2D eigenvalue weighted by Gasteiger charge is 2.11. The maximum absolute atomic E-state index is 9.31. The zero-order valence-corrected chi connectivity index (χ0v) is 10.0. The maximum Gasteiger partial charge on any atom is 0.135 e. The fourth-order valence-corrected chi connectivity index (χ4v) is 1.94. The SMILES string of the molecule is CC(C)Cn1c(CO)nc2cc(C#N)ccc21. The van der Waals surface area contributed by atoms with Gasteiger partial charge in [0.05, 0.1) is 22.7 Å². The fraction of sp³-hybridized carbons (Fsp3) is 0.385. The number of benzene rings is 1. The number of fused-ring (bicyclic) bond motifs is 1. The number of hydrogen-bond donors (Lipinski definition) is 1. The second kappa shape index (κ2) is 4.56. The fourth-order valence-electron chi connectivity index (χ4n) is 1.94. The third-order valence-corrected chi connectivity index (χ3v) is 2.65. The predicted molar refractivity (Wildman–Crippen MR) is 65.2 cm³/mol. The van der Waals surface area contributed by atoms with Crippen LogP contribution < -0.4 is 0 Å². The molecule has 0 unspecified atom stereocenters. The van der Waals surface area contributed by atoms with Crippen LogP contribution in [0.2, 0.25) is 0 Å². The van der Waals surface area contributed by atoms with Crippen molar-refractivity contribution in [3.63, 3.8) is 0 Å². The van der Waals surface area contributed by atoms with Gasteiger partial charge < -0.3 is 9.67 Å². The first-order valence-electron chi connectivity index (χ1n) is 5.66. The van der Waals surface area contributed by atoms with Crippen LogP contribution in [-0.4, -0.2) is 14.7 Å². The van der Waals surface area contributed by atoms with Crippen molar-refractivity contribution in [2.24, 2.45) is 5.92 Å². The van der Waals surface area contributed by atoms with Crippen LogP contribution in [0.15, 0.2) is 18.2 Å². The van der Waals surface area contributed by atoms with Crippen LogP contribution in [0.1, 0.15) is 25.2 Å². The van der Waals surface area contributed by atoms with Crippen LogP contribution in [-0.2, 0) is 13.2 Å². The molecule has 0 aliphatic heterocycles. The van der Waals surface area contributed by atoms with Gasteiger partial charge in [-0.25, -0.2) is 4.98 Å². The van der Waals surface area contributed by atoms with E-state index in [4.69, 9.17) is 5.26 Å². The van der Waals surface area contributed by atoms with E-state index in [-0.39, 0.29) is 6.61 Å². The summed E-state index contributed by atoms with van der Waals surface area (Å²) < 4.78 is 2.02. The molecular weight excluding hydrogens is 214 g/mol. The summed E-state index contributed by atoms with van der Waals surface area (Å²) in [7, 11) is 0. The Morgan fingerprint density at radius 1 is 1.47 bits per heavy atom. The number of nitriles is 1. The quantitative estimate of drug-likeness (QED) is 0.876. The first kappa shape index (κ1) is 11.6. The summed E-state index contributed by atoms with van der Waals surface area (Å²) in [4.78, 5) is 4.35. The van der Waals surface area contributed by atoms with Crippen molar-refractivity contribution < 1.29 is 5.11 Å². The van der Waals surface area contributed by atoms with E-state index in [1.807, 2.05) is 10.6 Å². The van der Waals surface area contributed by atoms with Gasteiger partial charge in [0.25, 0.3) is 0 Å². The van der Waals surface area contributed by atoms with Crippen LogP contribution in [0.4, 0.5) is 0 Å². The molecule has 1 N–H and O–H groups in total. The van der Waals surface area contributed by atoms with Crippen molar-refractivity contribution in [2.45, 2.75) is 27.0 Å². The Labute approximate surface area is 100 Å². The first-order valence-corrected chi connectivity index (χ1v) is 5.66.